The smallest absolute Gasteiger partial charge is 0.394 e. The SMILES string of the molecule is Cc1nc2cc(NC(=O)C(=O)O)ccc2n1C. The van der Waals surface area contributed by atoms with Gasteiger partial charge in [-0.1, -0.05) is 0 Å². The van der Waals surface area contributed by atoms with Crippen molar-refractivity contribution in [3.8, 4) is 0 Å². The molecule has 1 aromatic heterocycles. The number of benzene rings is 1. The normalized spacial score (nSPS) is 10.5. The van der Waals surface area contributed by atoms with Crippen LogP contribution in [0.5, 0.6) is 0 Å². The van der Waals surface area contributed by atoms with Crippen molar-refractivity contribution in [2.75, 3.05) is 5.32 Å². The van der Waals surface area contributed by atoms with Gasteiger partial charge >= 0.3 is 11.9 Å². The van der Waals surface area contributed by atoms with Crippen LogP contribution >= 0.6 is 0 Å². The summed E-state index contributed by atoms with van der Waals surface area (Å²) in [6.07, 6.45) is 0. The Bertz CT molecular complexity index is 616. The Hall–Kier alpha value is -2.37. The summed E-state index contributed by atoms with van der Waals surface area (Å²) >= 11 is 0. The number of hydrogen-bond acceptors (Lipinski definition) is 3. The van der Waals surface area contributed by atoms with Gasteiger partial charge in [0.2, 0.25) is 0 Å². The number of aromatic nitrogens is 2. The number of carboxylic acids is 1. The predicted molar refractivity (Wildman–Crippen MR) is 61.7 cm³/mol. The lowest BCUT2D eigenvalue weighted by Gasteiger charge is -2.02. The van der Waals surface area contributed by atoms with Crippen molar-refractivity contribution in [1.82, 2.24) is 9.55 Å². The number of aryl methyl sites for hydroxylation is 2. The van der Waals surface area contributed by atoms with E-state index >= 15 is 0 Å². The summed E-state index contributed by atoms with van der Waals surface area (Å²) in [5.74, 6) is -1.72. The first-order valence-electron chi connectivity index (χ1n) is 4.96. The molecule has 2 aromatic rings. The Labute approximate surface area is 96.9 Å². The number of anilines is 1. The number of carbonyl (C=O) groups excluding carboxylic acids is 1. The maximum atomic E-state index is 11.0. The van der Waals surface area contributed by atoms with Gasteiger partial charge in [-0.3, -0.25) is 4.79 Å². The van der Waals surface area contributed by atoms with Crippen LogP contribution < -0.4 is 5.32 Å². The fourth-order valence-electron chi connectivity index (χ4n) is 1.58. The monoisotopic (exact) mass is 233 g/mol. The molecule has 2 rings (SSSR count). The van der Waals surface area contributed by atoms with Gasteiger partial charge in [-0.05, 0) is 25.1 Å². The van der Waals surface area contributed by atoms with E-state index in [0.29, 0.717) is 11.2 Å². The summed E-state index contributed by atoms with van der Waals surface area (Å²) in [5, 5.41) is 10.7. The molecule has 0 saturated heterocycles. The van der Waals surface area contributed by atoms with Gasteiger partial charge in [0.15, 0.2) is 0 Å². The first-order chi connectivity index (χ1) is 7.99. The van der Waals surface area contributed by atoms with Gasteiger partial charge in [0, 0.05) is 12.7 Å². The van der Waals surface area contributed by atoms with Gasteiger partial charge in [-0.15, -0.1) is 0 Å². The highest BCUT2D eigenvalue weighted by Crippen LogP contribution is 2.19. The highest BCUT2D eigenvalue weighted by Gasteiger charge is 2.12. The van der Waals surface area contributed by atoms with Crippen LogP contribution in [0.3, 0.4) is 0 Å². The minimum absolute atomic E-state index is 0.419. The number of carbonyl (C=O) groups is 2. The Morgan fingerprint density at radius 3 is 2.76 bits per heavy atom. The summed E-state index contributed by atoms with van der Waals surface area (Å²) in [6, 6.07) is 5.07. The Kier molecular flexibility index (Phi) is 2.55. The number of carboxylic acid groups (broad SMARTS) is 1. The van der Waals surface area contributed by atoms with E-state index in [2.05, 4.69) is 10.3 Å². The number of nitrogens with zero attached hydrogens (tertiary/aromatic N) is 2. The average molecular weight is 233 g/mol. The largest absolute Gasteiger partial charge is 0.474 e. The molecule has 0 aliphatic carbocycles. The molecule has 17 heavy (non-hydrogen) atoms. The third kappa shape index (κ3) is 1.96. The van der Waals surface area contributed by atoms with Crippen LogP contribution in [0.25, 0.3) is 11.0 Å². The van der Waals surface area contributed by atoms with Gasteiger partial charge in [-0.25, -0.2) is 9.78 Å². The molecule has 0 aliphatic rings. The molecular formula is C11H11N3O3. The molecule has 0 radical (unpaired) electrons. The first kappa shape index (κ1) is 11.1. The third-order valence-electron chi connectivity index (χ3n) is 2.56. The zero-order chi connectivity index (χ0) is 12.6. The van der Waals surface area contributed by atoms with Gasteiger partial charge in [0.1, 0.15) is 5.82 Å². The van der Waals surface area contributed by atoms with Gasteiger partial charge in [0.05, 0.1) is 11.0 Å². The average Bonchev–Trinajstić information content (AvgIpc) is 2.54. The van der Waals surface area contributed by atoms with E-state index in [1.165, 1.54) is 0 Å². The predicted octanol–water partition coefficient (Wildman–Crippen LogP) is 0.905. The molecule has 0 aliphatic heterocycles. The molecule has 88 valence electrons. The number of aliphatic carboxylic acids is 1. The van der Waals surface area contributed by atoms with E-state index in [-0.39, 0.29) is 0 Å². The molecule has 2 N–H and O–H groups in total. The second-order valence-corrected chi connectivity index (χ2v) is 3.68. The van der Waals surface area contributed by atoms with E-state index in [0.717, 1.165) is 11.3 Å². The third-order valence-corrected chi connectivity index (χ3v) is 2.56. The van der Waals surface area contributed by atoms with Crippen LogP contribution in [0, 0.1) is 6.92 Å². The lowest BCUT2D eigenvalue weighted by molar-refractivity contribution is -0.147. The van der Waals surface area contributed by atoms with Crippen molar-refractivity contribution in [1.29, 1.82) is 0 Å². The minimum atomic E-state index is -1.51. The number of imidazole rings is 1. The number of nitrogens with one attached hydrogen (secondary N) is 1. The zero-order valence-corrected chi connectivity index (χ0v) is 9.39. The number of fused-ring (bicyclic) bond motifs is 1. The van der Waals surface area contributed by atoms with Crippen LogP contribution in [-0.2, 0) is 16.6 Å². The quantitative estimate of drug-likeness (QED) is 0.717. The summed E-state index contributed by atoms with van der Waals surface area (Å²) in [6.45, 7) is 1.87. The van der Waals surface area contributed by atoms with Crippen molar-refractivity contribution < 1.29 is 14.7 Å². The molecule has 0 atom stereocenters. The van der Waals surface area contributed by atoms with Crippen LogP contribution in [-0.4, -0.2) is 26.5 Å². The van der Waals surface area contributed by atoms with Crippen LogP contribution in [0.15, 0.2) is 18.2 Å². The summed E-state index contributed by atoms with van der Waals surface area (Å²) in [4.78, 5) is 25.7. The molecule has 0 saturated carbocycles. The zero-order valence-electron chi connectivity index (χ0n) is 9.39. The maximum Gasteiger partial charge on any atom is 0.394 e. The minimum Gasteiger partial charge on any atom is -0.474 e. The van der Waals surface area contributed by atoms with Crippen molar-refractivity contribution in [3.63, 3.8) is 0 Å². The van der Waals surface area contributed by atoms with Crippen molar-refractivity contribution in [3.05, 3.63) is 24.0 Å². The molecular weight excluding hydrogens is 222 g/mol. The standard InChI is InChI=1S/C11H11N3O3/c1-6-12-8-5-7(13-10(15)11(16)17)3-4-9(8)14(6)2/h3-5H,1-2H3,(H,13,15)(H,16,17). The molecule has 0 unspecified atom stereocenters. The summed E-state index contributed by atoms with van der Waals surface area (Å²) < 4.78 is 1.91. The summed E-state index contributed by atoms with van der Waals surface area (Å²) in [5.41, 5.74) is 2.06. The fraction of sp³-hybridized carbons (Fsp3) is 0.182. The molecule has 6 heteroatoms. The highest BCUT2D eigenvalue weighted by molar-refractivity contribution is 6.36. The van der Waals surface area contributed by atoms with Crippen LogP contribution in [0.2, 0.25) is 0 Å². The summed E-state index contributed by atoms with van der Waals surface area (Å²) in [7, 11) is 1.89. The second-order valence-electron chi connectivity index (χ2n) is 3.68. The fourth-order valence-corrected chi connectivity index (χ4v) is 1.58. The lowest BCUT2D eigenvalue weighted by atomic mass is 10.2. The molecule has 0 fully saturated rings. The molecule has 1 heterocycles. The molecule has 1 amide bonds. The number of amides is 1. The van der Waals surface area contributed by atoms with Crippen molar-refractivity contribution in [2.24, 2.45) is 7.05 Å². The number of rotatable bonds is 1. The van der Waals surface area contributed by atoms with Gasteiger partial charge < -0.3 is 15.0 Å². The van der Waals surface area contributed by atoms with E-state index in [1.807, 2.05) is 18.5 Å². The molecule has 6 nitrogen and oxygen atoms in total. The van der Waals surface area contributed by atoms with E-state index in [9.17, 15) is 9.59 Å². The topological polar surface area (TPSA) is 84.2 Å². The van der Waals surface area contributed by atoms with E-state index < -0.39 is 11.9 Å². The van der Waals surface area contributed by atoms with E-state index in [4.69, 9.17) is 5.11 Å². The van der Waals surface area contributed by atoms with Crippen molar-refractivity contribution >= 4 is 28.6 Å². The first-order valence-corrected chi connectivity index (χ1v) is 4.96. The lowest BCUT2D eigenvalue weighted by Crippen LogP contribution is -2.21. The van der Waals surface area contributed by atoms with E-state index in [1.54, 1.807) is 18.2 Å². The number of hydrogen-bond donors (Lipinski definition) is 2. The Morgan fingerprint density at radius 1 is 1.41 bits per heavy atom. The molecule has 0 spiro atoms. The van der Waals surface area contributed by atoms with Crippen LogP contribution in [0.1, 0.15) is 5.82 Å². The Balaban J connectivity index is 2.38. The van der Waals surface area contributed by atoms with Crippen molar-refractivity contribution in [2.45, 2.75) is 6.92 Å². The molecule has 1 aromatic carbocycles. The Morgan fingerprint density at radius 2 is 2.12 bits per heavy atom. The molecule has 0 bridgehead atoms. The second kappa shape index (κ2) is 3.89. The maximum absolute atomic E-state index is 11.0. The highest BCUT2D eigenvalue weighted by atomic mass is 16.4. The van der Waals surface area contributed by atoms with Gasteiger partial charge in [0.25, 0.3) is 0 Å². The van der Waals surface area contributed by atoms with Gasteiger partial charge in [-0.2, -0.15) is 0 Å². The van der Waals surface area contributed by atoms with Crippen LogP contribution in [0.4, 0.5) is 5.69 Å².